The largest absolute Gasteiger partial charge is 0.152 e. The Labute approximate surface area is 80.4 Å². The Bertz CT molecular complexity index is 182. The van der Waals surface area contributed by atoms with Crippen molar-refractivity contribution in [3.05, 3.63) is 22.4 Å². The fourth-order valence-corrected chi connectivity index (χ4v) is 2.07. The van der Waals surface area contributed by atoms with Gasteiger partial charge in [0.1, 0.15) is 7.85 Å². The lowest BCUT2D eigenvalue weighted by atomic mass is 9.98. The van der Waals surface area contributed by atoms with Crippen molar-refractivity contribution in [1.29, 1.82) is 0 Å². The van der Waals surface area contributed by atoms with Crippen LogP contribution in [0.3, 0.4) is 0 Å². The SMILES string of the molecule is BCCCCCCc1ccsc1. The molecule has 0 aromatic carbocycles. The predicted octanol–water partition coefficient (Wildman–Crippen LogP) is 2.90. The molecule has 2 heteroatoms. The summed E-state index contributed by atoms with van der Waals surface area (Å²) in [7, 11) is 2.26. The third-order valence-electron chi connectivity index (χ3n) is 2.15. The Hall–Kier alpha value is -0.235. The number of thiophene rings is 1. The fraction of sp³-hybridized carbons (Fsp3) is 0.600. The summed E-state index contributed by atoms with van der Waals surface area (Å²) in [4.78, 5) is 0. The first-order valence-electron chi connectivity index (χ1n) is 4.94. The van der Waals surface area contributed by atoms with Gasteiger partial charge >= 0.3 is 0 Å². The summed E-state index contributed by atoms with van der Waals surface area (Å²) in [5, 5.41) is 4.43. The highest BCUT2D eigenvalue weighted by Crippen LogP contribution is 2.11. The highest BCUT2D eigenvalue weighted by atomic mass is 32.1. The molecule has 0 atom stereocenters. The lowest BCUT2D eigenvalue weighted by molar-refractivity contribution is 0.667. The molecule has 1 rings (SSSR count). The fourth-order valence-electron chi connectivity index (χ4n) is 1.37. The van der Waals surface area contributed by atoms with Crippen LogP contribution in [0.15, 0.2) is 16.8 Å². The Morgan fingerprint density at radius 3 is 2.67 bits per heavy atom. The molecular weight excluding hydrogens is 163 g/mol. The van der Waals surface area contributed by atoms with Crippen LogP contribution >= 0.6 is 11.3 Å². The van der Waals surface area contributed by atoms with E-state index < -0.39 is 0 Å². The van der Waals surface area contributed by atoms with Gasteiger partial charge in [-0.25, -0.2) is 0 Å². The second-order valence-electron chi connectivity index (χ2n) is 3.30. The van der Waals surface area contributed by atoms with Crippen LogP contribution in [0.2, 0.25) is 6.32 Å². The van der Waals surface area contributed by atoms with E-state index in [1.54, 1.807) is 0 Å². The van der Waals surface area contributed by atoms with E-state index in [9.17, 15) is 0 Å². The third kappa shape index (κ3) is 3.96. The number of hydrogen-bond acceptors (Lipinski definition) is 1. The topological polar surface area (TPSA) is 0 Å². The standard InChI is InChI=1S/C10H17BS/c11-7-4-2-1-3-5-10-6-8-12-9-10/h6,8-9H,1-5,7,11H2. The van der Waals surface area contributed by atoms with Crippen molar-refractivity contribution in [2.75, 3.05) is 0 Å². The number of unbranched alkanes of at least 4 members (excludes halogenated alkanes) is 3. The maximum atomic E-state index is 2.26. The summed E-state index contributed by atoms with van der Waals surface area (Å²) in [6.45, 7) is 0. The quantitative estimate of drug-likeness (QED) is 0.466. The molecule has 0 bridgehead atoms. The minimum absolute atomic E-state index is 1.28. The van der Waals surface area contributed by atoms with Crippen LogP contribution in [0.5, 0.6) is 0 Å². The van der Waals surface area contributed by atoms with E-state index in [0.29, 0.717) is 0 Å². The van der Waals surface area contributed by atoms with Gasteiger partial charge < -0.3 is 0 Å². The first-order valence-corrected chi connectivity index (χ1v) is 5.89. The van der Waals surface area contributed by atoms with Crippen molar-refractivity contribution in [3.8, 4) is 0 Å². The summed E-state index contributed by atoms with van der Waals surface area (Å²) < 4.78 is 0. The Balaban J connectivity index is 1.96. The minimum Gasteiger partial charge on any atom is -0.152 e. The second kappa shape index (κ2) is 6.30. The van der Waals surface area contributed by atoms with Crippen molar-refractivity contribution in [3.63, 3.8) is 0 Å². The average Bonchev–Trinajstić information content (AvgIpc) is 2.57. The number of aryl methyl sites for hydroxylation is 1. The molecule has 0 N–H and O–H groups in total. The molecule has 0 aliphatic carbocycles. The highest BCUT2D eigenvalue weighted by Gasteiger charge is 1.92. The van der Waals surface area contributed by atoms with Crippen LogP contribution in [0, 0.1) is 0 Å². The zero-order chi connectivity index (χ0) is 8.65. The average molecular weight is 180 g/mol. The van der Waals surface area contributed by atoms with Gasteiger partial charge in [-0.15, -0.1) is 0 Å². The zero-order valence-electron chi connectivity index (χ0n) is 7.88. The van der Waals surface area contributed by atoms with Crippen LogP contribution < -0.4 is 0 Å². The van der Waals surface area contributed by atoms with E-state index in [1.165, 1.54) is 44.0 Å². The molecule has 0 spiro atoms. The summed E-state index contributed by atoms with van der Waals surface area (Å²) in [5.74, 6) is 0. The van der Waals surface area contributed by atoms with Gasteiger partial charge in [-0.3, -0.25) is 0 Å². The smallest absolute Gasteiger partial charge is 0.101 e. The molecular formula is C10H17BS. The van der Waals surface area contributed by atoms with Gasteiger partial charge in [-0.2, -0.15) is 11.3 Å². The summed E-state index contributed by atoms with van der Waals surface area (Å²) in [5.41, 5.74) is 1.52. The van der Waals surface area contributed by atoms with Crippen molar-refractivity contribution in [1.82, 2.24) is 0 Å². The van der Waals surface area contributed by atoms with E-state index >= 15 is 0 Å². The molecule has 12 heavy (non-hydrogen) atoms. The summed E-state index contributed by atoms with van der Waals surface area (Å²) >= 11 is 1.81. The van der Waals surface area contributed by atoms with Gasteiger partial charge in [0.25, 0.3) is 0 Å². The Kier molecular flexibility index (Phi) is 5.17. The van der Waals surface area contributed by atoms with Crippen LogP contribution in [-0.4, -0.2) is 7.85 Å². The monoisotopic (exact) mass is 180 g/mol. The van der Waals surface area contributed by atoms with Crippen molar-refractivity contribution < 1.29 is 0 Å². The molecule has 0 saturated carbocycles. The van der Waals surface area contributed by atoms with Gasteiger partial charge in [-0.1, -0.05) is 25.6 Å². The van der Waals surface area contributed by atoms with Gasteiger partial charge in [0, 0.05) is 0 Å². The minimum atomic E-state index is 1.28. The molecule has 0 aliphatic heterocycles. The number of hydrogen-bond donors (Lipinski definition) is 0. The van der Waals surface area contributed by atoms with Gasteiger partial charge in [-0.05, 0) is 35.2 Å². The van der Waals surface area contributed by atoms with Gasteiger partial charge in [0.2, 0.25) is 0 Å². The van der Waals surface area contributed by atoms with Crippen molar-refractivity contribution in [2.24, 2.45) is 0 Å². The van der Waals surface area contributed by atoms with E-state index in [2.05, 4.69) is 24.7 Å². The predicted molar refractivity (Wildman–Crippen MR) is 59.8 cm³/mol. The molecule has 0 radical (unpaired) electrons. The molecule has 0 unspecified atom stereocenters. The highest BCUT2D eigenvalue weighted by molar-refractivity contribution is 7.07. The summed E-state index contributed by atoms with van der Waals surface area (Å²) in [6.07, 6.45) is 8.23. The van der Waals surface area contributed by atoms with Crippen LogP contribution in [0.4, 0.5) is 0 Å². The second-order valence-corrected chi connectivity index (χ2v) is 4.08. The normalized spacial score (nSPS) is 10.3. The maximum absolute atomic E-state index is 2.26. The van der Waals surface area contributed by atoms with E-state index in [-0.39, 0.29) is 0 Å². The molecule has 1 aromatic heterocycles. The Morgan fingerprint density at radius 2 is 2.00 bits per heavy atom. The van der Waals surface area contributed by atoms with Crippen molar-refractivity contribution in [2.45, 2.75) is 38.4 Å². The van der Waals surface area contributed by atoms with E-state index in [4.69, 9.17) is 0 Å². The molecule has 0 aliphatic rings. The molecule has 1 aromatic rings. The molecule has 66 valence electrons. The lowest BCUT2D eigenvalue weighted by Crippen LogP contribution is -1.82. The van der Waals surface area contributed by atoms with Gasteiger partial charge in [0.05, 0.1) is 0 Å². The third-order valence-corrected chi connectivity index (χ3v) is 2.88. The lowest BCUT2D eigenvalue weighted by Gasteiger charge is -1.97. The van der Waals surface area contributed by atoms with E-state index in [1.807, 2.05) is 11.3 Å². The maximum Gasteiger partial charge on any atom is 0.101 e. The summed E-state index contributed by atoms with van der Waals surface area (Å²) in [6, 6.07) is 2.24. The van der Waals surface area contributed by atoms with Crippen molar-refractivity contribution >= 4 is 19.2 Å². The van der Waals surface area contributed by atoms with Crippen LogP contribution in [0.1, 0.15) is 31.2 Å². The van der Waals surface area contributed by atoms with E-state index in [0.717, 1.165) is 0 Å². The molecule has 0 amide bonds. The number of rotatable bonds is 6. The van der Waals surface area contributed by atoms with Gasteiger partial charge in [0.15, 0.2) is 0 Å². The van der Waals surface area contributed by atoms with Crippen LogP contribution in [-0.2, 0) is 6.42 Å². The Morgan fingerprint density at radius 1 is 1.17 bits per heavy atom. The molecule has 1 heterocycles. The van der Waals surface area contributed by atoms with Crippen LogP contribution in [0.25, 0.3) is 0 Å². The first kappa shape index (κ1) is 9.85. The molecule has 0 fully saturated rings. The molecule has 0 saturated heterocycles. The molecule has 0 nitrogen and oxygen atoms in total. The zero-order valence-corrected chi connectivity index (χ0v) is 8.70. The first-order chi connectivity index (χ1) is 5.93.